The lowest BCUT2D eigenvalue weighted by Gasteiger charge is -2.02. The Bertz CT molecular complexity index is 172. The van der Waals surface area contributed by atoms with Gasteiger partial charge in [-0.15, -0.1) is 0 Å². The predicted molar refractivity (Wildman–Crippen MR) is 30.6 cm³/mol. The molecule has 0 aromatic carbocycles. The molecule has 0 aliphatic carbocycles. The van der Waals surface area contributed by atoms with Crippen molar-refractivity contribution in [2.24, 2.45) is 0 Å². The van der Waals surface area contributed by atoms with Crippen molar-refractivity contribution in [3.05, 3.63) is 0 Å². The van der Waals surface area contributed by atoms with Crippen molar-refractivity contribution < 1.29 is 14.3 Å². The van der Waals surface area contributed by atoms with E-state index in [0.29, 0.717) is 0 Å². The van der Waals surface area contributed by atoms with Gasteiger partial charge in [-0.05, 0) is 0 Å². The summed E-state index contributed by atoms with van der Waals surface area (Å²) in [5.74, 6) is -0.769. The third kappa shape index (κ3) is 2.13. The van der Waals surface area contributed by atoms with E-state index in [4.69, 9.17) is 5.26 Å². The fourth-order valence-corrected chi connectivity index (χ4v) is 0.344. The molecule has 5 heteroatoms. The normalized spacial score (nSPS) is 10.8. The smallest absolute Gasteiger partial charge is 0.343 e. The van der Waals surface area contributed by atoms with Gasteiger partial charge in [0.15, 0.2) is 0 Å². The average molecular weight is 142 g/mol. The Labute approximate surface area is 57.6 Å². The van der Waals surface area contributed by atoms with Crippen LogP contribution in [0.15, 0.2) is 0 Å². The molecule has 1 atom stereocenters. The Hall–Kier alpha value is -1.57. The fraction of sp³-hybridized carbons (Fsp3) is 0.400. The zero-order valence-corrected chi connectivity index (χ0v) is 5.33. The van der Waals surface area contributed by atoms with E-state index in [2.05, 4.69) is 4.74 Å². The Morgan fingerprint density at radius 2 is 2.50 bits per heavy atom. The Morgan fingerprint density at radius 3 is 2.80 bits per heavy atom. The van der Waals surface area contributed by atoms with Gasteiger partial charge in [0.2, 0.25) is 12.5 Å². The van der Waals surface area contributed by atoms with Crippen molar-refractivity contribution >= 4 is 12.4 Å². The van der Waals surface area contributed by atoms with Gasteiger partial charge < -0.3 is 10.1 Å². The molecule has 0 saturated carbocycles. The summed E-state index contributed by atoms with van der Waals surface area (Å²) >= 11 is 0. The quantitative estimate of drug-likeness (QED) is 0.396. The van der Waals surface area contributed by atoms with Crippen LogP contribution in [-0.4, -0.2) is 25.5 Å². The lowest BCUT2D eigenvalue weighted by atomic mass is 10.3. The number of carbonyl (C=O) groups excluding carboxylic acids is 2. The van der Waals surface area contributed by atoms with Crippen LogP contribution in [0.25, 0.3) is 0 Å². The summed E-state index contributed by atoms with van der Waals surface area (Å²) in [5.41, 5.74) is 0. The van der Waals surface area contributed by atoms with E-state index in [0.717, 1.165) is 7.11 Å². The van der Waals surface area contributed by atoms with Gasteiger partial charge in [0.25, 0.3) is 0 Å². The third-order valence-corrected chi connectivity index (χ3v) is 0.801. The first kappa shape index (κ1) is 8.43. The molecule has 0 heterocycles. The van der Waals surface area contributed by atoms with Gasteiger partial charge in [-0.25, -0.2) is 4.79 Å². The molecule has 0 aromatic heterocycles. The first-order valence-corrected chi connectivity index (χ1v) is 2.43. The summed E-state index contributed by atoms with van der Waals surface area (Å²) in [6, 6.07) is 0.345. The van der Waals surface area contributed by atoms with Crippen LogP contribution in [0.2, 0.25) is 0 Å². The lowest BCUT2D eigenvalue weighted by Crippen LogP contribution is -2.35. The second-order valence-corrected chi connectivity index (χ2v) is 1.37. The number of amides is 1. The molecular weight excluding hydrogens is 136 g/mol. The number of nitriles is 1. The van der Waals surface area contributed by atoms with E-state index >= 15 is 0 Å². The van der Waals surface area contributed by atoms with Crippen molar-refractivity contribution in [3.63, 3.8) is 0 Å². The van der Waals surface area contributed by atoms with Crippen LogP contribution in [0.5, 0.6) is 0 Å². The molecule has 10 heavy (non-hydrogen) atoms. The predicted octanol–water partition coefficient (Wildman–Crippen LogP) is -1.20. The summed E-state index contributed by atoms with van der Waals surface area (Å²) in [6.45, 7) is 0. The van der Waals surface area contributed by atoms with Gasteiger partial charge >= 0.3 is 5.97 Å². The van der Waals surface area contributed by atoms with Gasteiger partial charge in [0.1, 0.15) is 0 Å². The summed E-state index contributed by atoms with van der Waals surface area (Å²) < 4.78 is 4.17. The number of nitrogens with zero attached hydrogens (tertiary/aromatic N) is 1. The molecule has 0 spiro atoms. The van der Waals surface area contributed by atoms with Crippen LogP contribution >= 0.6 is 0 Å². The second-order valence-electron chi connectivity index (χ2n) is 1.37. The standard InChI is InChI=1S/C5H6N2O3/c1-10-5(9)4(2-6)7-3-8/h3-4H,1H3,(H,7,8). The lowest BCUT2D eigenvalue weighted by molar-refractivity contribution is -0.142. The van der Waals surface area contributed by atoms with Crippen LogP contribution < -0.4 is 5.32 Å². The van der Waals surface area contributed by atoms with Gasteiger partial charge in [-0.2, -0.15) is 5.26 Å². The molecule has 1 amide bonds. The molecule has 0 bridgehead atoms. The SMILES string of the molecule is COC(=O)C(C#N)NC=O. The number of carbonyl (C=O) groups is 2. The number of hydrogen-bond acceptors (Lipinski definition) is 4. The minimum Gasteiger partial charge on any atom is -0.467 e. The van der Waals surface area contributed by atoms with Crippen molar-refractivity contribution in [1.82, 2.24) is 5.32 Å². The topological polar surface area (TPSA) is 79.2 Å². The molecule has 0 rings (SSSR count). The number of rotatable bonds is 3. The maximum Gasteiger partial charge on any atom is 0.343 e. The van der Waals surface area contributed by atoms with Crippen LogP contribution in [0, 0.1) is 11.3 Å². The average Bonchev–Trinajstić information content (AvgIpc) is 1.99. The molecule has 54 valence electrons. The van der Waals surface area contributed by atoms with Crippen molar-refractivity contribution in [2.75, 3.05) is 7.11 Å². The number of hydrogen-bond donors (Lipinski definition) is 1. The number of esters is 1. The van der Waals surface area contributed by atoms with E-state index < -0.39 is 12.0 Å². The van der Waals surface area contributed by atoms with Crippen molar-refractivity contribution in [3.8, 4) is 6.07 Å². The van der Waals surface area contributed by atoms with Gasteiger partial charge in [-0.3, -0.25) is 4.79 Å². The Kier molecular flexibility index (Phi) is 3.64. The molecule has 0 aliphatic heterocycles. The number of ether oxygens (including phenoxy) is 1. The molecule has 0 aromatic rings. The van der Waals surface area contributed by atoms with Crippen LogP contribution in [0.4, 0.5) is 0 Å². The molecule has 1 N–H and O–H groups in total. The number of methoxy groups -OCH3 is 1. The monoisotopic (exact) mass is 142 g/mol. The van der Waals surface area contributed by atoms with Gasteiger partial charge in [0.05, 0.1) is 13.2 Å². The molecule has 1 unspecified atom stereocenters. The van der Waals surface area contributed by atoms with E-state index in [1.807, 2.05) is 5.32 Å². The zero-order valence-electron chi connectivity index (χ0n) is 5.33. The minimum atomic E-state index is -1.19. The van der Waals surface area contributed by atoms with Crippen molar-refractivity contribution in [1.29, 1.82) is 5.26 Å². The van der Waals surface area contributed by atoms with E-state index in [-0.39, 0.29) is 6.41 Å². The van der Waals surface area contributed by atoms with Gasteiger partial charge in [0, 0.05) is 0 Å². The fourth-order valence-electron chi connectivity index (χ4n) is 0.344. The third-order valence-electron chi connectivity index (χ3n) is 0.801. The van der Waals surface area contributed by atoms with Crippen molar-refractivity contribution in [2.45, 2.75) is 6.04 Å². The first-order valence-electron chi connectivity index (χ1n) is 2.43. The highest BCUT2D eigenvalue weighted by atomic mass is 16.5. The largest absolute Gasteiger partial charge is 0.467 e. The maximum atomic E-state index is 10.5. The number of nitrogens with one attached hydrogen (secondary N) is 1. The van der Waals surface area contributed by atoms with Crippen LogP contribution in [0.1, 0.15) is 0 Å². The summed E-state index contributed by atoms with van der Waals surface area (Å²) in [6.07, 6.45) is 0.269. The van der Waals surface area contributed by atoms with Crippen LogP contribution in [0.3, 0.4) is 0 Å². The highest BCUT2D eigenvalue weighted by molar-refractivity contribution is 5.81. The minimum absolute atomic E-state index is 0.269. The molecular formula is C5H6N2O3. The maximum absolute atomic E-state index is 10.5. The Morgan fingerprint density at radius 1 is 1.90 bits per heavy atom. The Balaban J connectivity index is 3.96. The highest BCUT2D eigenvalue weighted by Crippen LogP contribution is 1.82. The first-order chi connectivity index (χ1) is 4.76. The molecule has 0 fully saturated rings. The highest BCUT2D eigenvalue weighted by Gasteiger charge is 2.15. The zero-order chi connectivity index (χ0) is 7.98. The van der Waals surface area contributed by atoms with E-state index in [9.17, 15) is 9.59 Å². The molecule has 0 radical (unpaired) electrons. The van der Waals surface area contributed by atoms with E-state index in [1.54, 1.807) is 0 Å². The summed E-state index contributed by atoms with van der Waals surface area (Å²) in [5, 5.41) is 10.2. The molecule has 0 aliphatic rings. The van der Waals surface area contributed by atoms with Crippen LogP contribution in [-0.2, 0) is 14.3 Å². The summed E-state index contributed by atoms with van der Waals surface area (Å²) in [7, 11) is 1.14. The molecule has 0 saturated heterocycles. The summed E-state index contributed by atoms with van der Waals surface area (Å²) in [4.78, 5) is 20.2. The second kappa shape index (κ2) is 4.32. The molecule has 5 nitrogen and oxygen atoms in total. The van der Waals surface area contributed by atoms with Gasteiger partial charge in [-0.1, -0.05) is 0 Å². The van der Waals surface area contributed by atoms with E-state index in [1.165, 1.54) is 6.07 Å².